The summed E-state index contributed by atoms with van der Waals surface area (Å²) in [4.78, 5) is 39.1. The number of anilines is 2. The van der Waals surface area contributed by atoms with Crippen LogP contribution < -0.4 is 29.7 Å². The van der Waals surface area contributed by atoms with Crippen LogP contribution in [-0.4, -0.2) is 45.1 Å². The minimum Gasteiger partial charge on any atom is -0.497 e. The number of methoxy groups -OCH3 is 2. The van der Waals surface area contributed by atoms with Crippen molar-refractivity contribution < 1.29 is 28.6 Å². The summed E-state index contributed by atoms with van der Waals surface area (Å²) in [5.74, 6) is 0.852. The molecule has 1 heterocycles. The Hall–Kier alpha value is -4.53. The monoisotopic (exact) mass is 503 g/mol. The van der Waals surface area contributed by atoms with Gasteiger partial charge in [0.25, 0.3) is 5.91 Å². The molecule has 0 unspecified atom stereocenters. The first-order chi connectivity index (χ1) is 18.0. The lowest BCUT2D eigenvalue weighted by Gasteiger charge is -2.17. The molecule has 0 radical (unpaired) electrons. The molecule has 0 saturated carbocycles. The fourth-order valence-electron chi connectivity index (χ4n) is 4.05. The Labute approximate surface area is 215 Å². The molecule has 1 atom stereocenters. The highest BCUT2D eigenvalue weighted by atomic mass is 16.5. The number of nitrogens with one attached hydrogen (secondary N) is 2. The standard InChI is InChI=1S/C28H29N3O6/c1-35-23-11-7-21(8-12-23)30-26(32)18-37-24-13-9-22(10-14-24)31-17-20(15-27(31)33)28(34)29-16-19-5-3-4-6-25(19)36-2/h3-14,20H,15-18H2,1-2H3,(H,29,34)(H,30,32)/t20-/m0/s1. The van der Waals surface area contributed by atoms with E-state index in [0.29, 0.717) is 41.7 Å². The van der Waals surface area contributed by atoms with E-state index in [2.05, 4.69) is 10.6 Å². The van der Waals surface area contributed by atoms with Gasteiger partial charge in [-0.2, -0.15) is 0 Å². The quantitative estimate of drug-likeness (QED) is 0.439. The number of hydrogen-bond acceptors (Lipinski definition) is 6. The van der Waals surface area contributed by atoms with Gasteiger partial charge in [-0.05, 0) is 54.6 Å². The van der Waals surface area contributed by atoms with Crippen LogP contribution in [0.15, 0.2) is 72.8 Å². The maximum atomic E-state index is 12.7. The Morgan fingerprint density at radius 2 is 1.62 bits per heavy atom. The van der Waals surface area contributed by atoms with Crippen molar-refractivity contribution in [2.75, 3.05) is 37.6 Å². The second-order valence-electron chi connectivity index (χ2n) is 8.49. The molecule has 9 nitrogen and oxygen atoms in total. The van der Waals surface area contributed by atoms with Crippen molar-refractivity contribution in [3.05, 3.63) is 78.4 Å². The average molecular weight is 504 g/mol. The third kappa shape index (κ3) is 6.58. The van der Waals surface area contributed by atoms with E-state index in [1.807, 2.05) is 24.3 Å². The first-order valence-corrected chi connectivity index (χ1v) is 11.8. The predicted octanol–water partition coefficient (Wildman–Crippen LogP) is 3.39. The average Bonchev–Trinajstić information content (AvgIpc) is 3.33. The maximum absolute atomic E-state index is 12.7. The Balaban J connectivity index is 1.26. The molecular formula is C28H29N3O6. The van der Waals surface area contributed by atoms with E-state index in [4.69, 9.17) is 14.2 Å². The summed E-state index contributed by atoms with van der Waals surface area (Å²) in [6, 6.07) is 21.3. The van der Waals surface area contributed by atoms with E-state index in [9.17, 15) is 14.4 Å². The summed E-state index contributed by atoms with van der Waals surface area (Å²) < 4.78 is 16.0. The second-order valence-corrected chi connectivity index (χ2v) is 8.49. The van der Waals surface area contributed by atoms with E-state index in [0.717, 1.165) is 5.56 Å². The van der Waals surface area contributed by atoms with Gasteiger partial charge in [-0.25, -0.2) is 0 Å². The number of nitrogens with zero attached hydrogens (tertiary/aromatic N) is 1. The summed E-state index contributed by atoms with van der Waals surface area (Å²) in [6.07, 6.45) is 0.140. The number of amides is 3. The lowest BCUT2D eigenvalue weighted by molar-refractivity contribution is -0.126. The van der Waals surface area contributed by atoms with Gasteiger partial charge >= 0.3 is 0 Å². The summed E-state index contributed by atoms with van der Waals surface area (Å²) in [7, 11) is 3.16. The minimum absolute atomic E-state index is 0.120. The Bertz CT molecular complexity index is 1240. The molecule has 2 N–H and O–H groups in total. The molecule has 1 aliphatic rings. The number of para-hydroxylation sites is 1. The Morgan fingerprint density at radius 1 is 0.919 bits per heavy atom. The molecule has 9 heteroatoms. The molecule has 0 aromatic heterocycles. The van der Waals surface area contributed by atoms with Crippen LogP contribution in [0.5, 0.6) is 17.2 Å². The van der Waals surface area contributed by atoms with Gasteiger partial charge < -0.3 is 29.7 Å². The van der Waals surface area contributed by atoms with Gasteiger partial charge in [-0.1, -0.05) is 18.2 Å². The highest BCUT2D eigenvalue weighted by molar-refractivity contribution is 6.00. The molecule has 1 fully saturated rings. The molecular weight excluding hydrogens is 474 g/mol. The topological polar surface area (TPSA) is 106 Å². The molecule has 3 amide bonds. The highest BCUT2D eigenvalue weighted by Crippen LogP contribution is 2.27. The van der Waals surface area contributed by atoms with Crippen LogP contribution >= 0.6 is 0 Å². The molecule has 0 spiro atoms. The number of benzene rings is 3. The van der Waals surface area contributed by atoms with Gasteiger partial charge in [0, 0.05) is 36.4 Å². The van der Waals surface area contributed by atoms with E-state index in [1.54, 1.807) is 67.7 Å². The molecule has 192 valence electrons. The number of hydrogen-bond donors (Lipinski definition) is 2. The molecule has 37 heavy (non-hydrogen) atoms. The van der Waals surface area contributed by atoms with Crippen molar-refractivity contribution in [1.82, 2.24) is 5.32 Å². The summed E-state index contributed by atoms with van der Waals surface area (Å²) >= 11 is 0. The zero-order chi connectivity index (χ0) is 26.2. The van der Waals surface area contributed by atoms with E-state index >= 15 is 0 Å². The van der Waals surface area contributed by atoms with Crippen LogP contribution in [-0.2, 0) is 20.9 Å². The molecule has 1 saturated heterocycles. The molecule has 3 aromatic rings. The van der Waals surface area contributed by atoms with Crippen LogP contribution in [0, 0.1) is 5.92 Å². The SMILES string of the molecule is COc1ccc(NC(=O)COc2ccc(N3C[C@@H](C(=O)NCc4ccccc4OC)CC3=O)cc2)cc1. The smallest absolute Gasteiger partial charge is 0.262 e. The third-order valence-corrected chi connectivity index (χ3v) is 6.03. The van der Waals surface area contributed by atoms with Crippen molar-refractivity contribution in [1.29, 1.82) is 0 Å². The van der Waals surface area contributed by atoms with Crippen molar-refractivity contribution in [2.24, 2.45) is 5.92 Å². The van der Waals surface area contributed by atoms with Gasteiger partial charge in [-0.3, -0.25) is 14.4 Å². The van der Waals surface area contributed by atoms with Crippen LogP contribution in [0.4, 0.5) is 11.4 Å². The van der Waals surface area contributed by atoms with Gasteiger partial charge in [0.05, 0.1) is 20.1 Å². The van der Waals surface area contributed by atoms with Gasteiger partial charge in [-0.15, -0.1) is 0 Å². The fraction of sp³-hybridized carbons (Fsp3) is 0.250. The van der Waals surface area contributed by atoms with Crippen LogP contribution in [0.2, 0.25) is 0 Å². The number of carbonyl (C=O) groups is 3. The first-order valence-electron chi connectivity index (χ1n) is 11.8. The minimum atomic E-state index is -0.445. The molecule has 4 rings (SSSR count). The molecule has 3 aromatic carbocycles. The summed E-state index contributed by atoms with van der Waals surface area (Å²) in [5.41, 5.74) is 2.17. The normalized spacial score (nSPS) is 14.7. The number of ether oxygens (including phenoxy) is 3. The van der Waals surface area contributed by atoms with E-state index < -0.39 is 5.92 Å². The van der Waals surface area contributed by atoms with Crippen LogP contribution in [0.3, 0.4) is 0 Å². The van der Waals surface area contributed by atoms with Crippen LogP contribution in [0.25, 0.3) is 0 Å². The van der Waals surface area contributed by atoms with E-state index in [1.165, 1.54) is 0 Å². The Morgan fingerprint density at radius 3 is 2.32 bits per heavy atom. The zero-order valence-corrected chi connectivity index (χ0v) is 20.7. The van der Waals surface area contributed by atoms with Gasteiger partial charge in [0.15, 0.2) is 6.61 Å². The van der Waals surface area contributed by atoms with Crippen molar-refractivity contribution in [3.63, 3.8) is 0 Å². The van der Waals surface area contributed by atoms with Crippen molar-refractivity contribution in [3.8, 4) is 17.2 Å². The largest absolute Gasteiger partial charge is 0.497 e. The fourth-order valence-corrected chi connectivity index (χ4v) is 4.05. The Kier molecular flexibility index (Phi) is 8.25. The van der Waals surface area contributed by atoms with Gasteiger partial charge in [0.2, 0.25) is 11.8 Å². The second kappa shape index (κ2) is 11.9. The highest BCUT2D eigenvalue weighted by Gasteiger charge is 2.35. The zero-order valence-electron chi connectivity index (χ0n) is 20.7. The van der Waals surface area contributed by atoms with E-state index in [-0.39, 0.29) is 30.7 Å². The molecule has 0 aliphatic carbocycles. The van der Waals surface area contributed by atoms with Crippen LogP contribution in [0.1, 0.15) is 12.0 Å². The van der Waals surface area contributed by atoms with Crippen molar-refractivity contribution >= 4 is 29.1 Å². The number of rotatable bonds is 10. The maximum Gasteiger partial charge on any atom is 0.262 e. The first kappa shape index (κ1) is 25.6. The molecule has 0 bridgehead atoms. The lowest BCUT2D eigenvalue weighted by atomic mass is 10.1. The summed E-state index contributed by atoms with van der Waals surface area (Å²) in [5, 5.41) is 5.66. The van der Waals surface area contributed by atoms with Gasteiger partial charge in [0.1, 0.15) is 17.2 Å². The van der Waals surface area contributed by atoms with Crippen molar-refractivity contribution in [2.45, 2.75) is 13.0 Å². The summed E-state index contributed by atoms with van der Waals surface area (Å²) in [6.45, 7) is 0.454. The molecule has 1 aliphatic heterocycles. The predicted molar refractivity (Wildman–Crippen MR) is 139 cm³/mol. The third-order valence-electron chi connectivity index (χ3n) is 6.03. The number of carbonyl (C=O) groups excluding carboxylic acids is 3. The lowest BCUT2D eigenvalue weighted by Crippen LogP contribution is -2.32.